The average Bonchev–Trinajstić information content (AvgIpc) is 2.42. The van der Waals surface area contributed by atoms with E-state index in [1.54, 1.807) is 4.52 Å². The van der Waals surface area contributed by atoms with Crippen molar-refractivity contribution in [1.82, 2.24) is 14.6 Å². The summed E-state index contributed by atoms with van der Waals surface area (Å²) >= 11 is 6.03. The zero-order chi connectivity index (χ0) is 9.59. The summed E-state index contributed by atoms with van der Waals surface area (Å²) in [5, 5.41) is 4.70. The van der Waals surface area contributed by atoms with Gasteiger partial charge in [0, 0.05) is 11.6 Å². The molecule has 2 rings (SSSR count). The molecular formula is C8H9ClN4. The Morgan fingerprint density at radius 2 is 2.15 bits per heavy atom. The number of aryl methyl sites for hydroxylation is 1. The molecule has 0 radical (unpaired) electrons. The zero-order valence-corrected chi connectivity index (χ0v) is 8.13. The highest BCUT2D eigenvalue weighted by atomic mass is 35.5. The number of fused-ring (bicyclic) bond motifs is 1. The lowest BCUT2D eigenvalue weighted by Gasteiger charge is -2.03. The van der Waals surface area contributed by atoms with Crippen molar-refractivity contribution in [2.75, 3.05) is 5.73 Å². The van der Waals surface area contributed by atoms with E-state index in [-0.39, 0.29) is 0 Å². The van der Waals surface area contributed by atoms with Gasteiger partial charge in [0.05, 0.1) is 5.69 Å². The highest BCUT2D eigenvalue weighted by molar-refractivity contribution is 6.30. The van der Waals surface area contributed by atoms with Gasteiger partial charge in [-0.25, -0.2) is 9.50 Å². The van der Waals surface area contributed by atoms with Crippen LogP contribution in [0.15, 0.2) is 6.07 Å². The minimum Gasteiger partial charge on any atom is -0.383 e. The summed E-state index contributed by atoms with van der Waals surface area (Å²) in [4.78, 5) is 4.15. The molecule has 5 heteroatoms. The van der Waals surface area contributed by atoms with Crippen LogP contribution >= 0.6 is 11.6 Å². The second-order valence-electron chi connectivity index (χ2n) is 2.97. The predicted octanol–water partition coefficient (Wildman–Crippen LogP) is 1.58. The number of nitrogens with zero attached hydrogens (tertiary/aromatic N) is 3. The normalized spacial score (nSPS) is 11.0. The van der Waals surface area contributed by atoms with Gasteiger partial charge in [0.25, 0.3) is 0 Å². The molecule has 0 spiro atoms. The molecule has 0 amide bonds. The van der Waals surface area contributed by atoms with Crippen LogP contribution in [-0.2, 0) is 0 Å². The van der Waals surface area contributed by atoms with E-state index in [2.05, 4.69) is 10.1 Å². The lowest BCUT2D eigenvalue weighted by atomic mass is 10.3. The molecule has 0 unspecified atom stereocenters. The smallest absolute Gasteiger partial charge is 0.159 e. The van der Waals surface area contributed by atoms with E-state index in [4.69, 9.17) is 17.3 Å². The van der Waals surface area contributed by atoms with Gasteiger partial charge in [-0.05, 0) is 13.8 Å². The minimum atomic E-state index is 0.456. The molecular weight excluding hydrogens is 188 g/mol. The molecule has 0 saturated heterocycles. The Hall–Kier alpha value is -1.29. The van der Waals surface area contributed by atoms with Crippen molar-refractivity contribution in [2.45, 2.75) is 13.8 Å². The number of anilines is 1. The summed E-state index contributed by atoms with van der Waals surface area (Å²) < 4.78 is 1.59. The summed E-state index contributed by atoms with van der Waals surface area (Å²) in [5.41, 5.74) is 7.98. The largest absolute Gasteiger partial charge is 0.383 e. The molecule has 13 heavy (non-hydrogen) atoms. The zero-order valence-electron chi connectivity index (χ0n) is 7.37. The number of hydrogen-bond donors (Lipinski definition) is 1. The summed E-state index contributed by atoms with van der Waals surface area (Å²) in [6, 6.07) is 1.84. The Balaban J connectivity index is 2.92. The predicted molar refractivity (Wildman–Crippen MR) is 51.9 cm³/mol. The molecule has 2 N–H and O–H groups in total. The van der Waals surface area contributed by atoms with Crippen molar-refractivity contribution in [2.24, 2.45) is 0 Å². The third-order valence-electron chi connectivity index (χ3n) is 1.93. The maximum atomic E-state index is 6.03. The Bertz CT molecular complexity index is 474. The molecule has 68 valence electrons. The number of nitrogen functional groups attached to an aromatic ring is 1. The molecule has 0 fully saturated rings. The highest BCUT2D eigenvalue weighted by Gasteiger charge is 2.08. The Labute approximate surface area is 80.3 Å². The fraction of sp³-hybridized carbons (Fsp3) is 0.250. The number of rotatable bonds is 0. The van der Waals surface area contributed by atoms with Crippen LogP contribution in [0.4, 0.5) is 5.82 Å². The van der Waals surface area contributed by atoms with Crippen molar-refractivity contribution in [3.8, 4) is 0 Å². The first kappa shape index (κ1) is 8.31. The van der Waals surface area contributed by atoms with E-state index in [9.17, 15) is 0 Å². The molecule has 2 aromatic rings. The van der Waals surface area contributed by atoms with Gasteiger partial charge in [-0.2, -0.15) is 5.10 Å². The van der Waals surface area contributed by atoms with E-state index >= 15 is 0 Å². The van der Waals surface area contributed by atoms with Crippen LogP contribution in [0.25, 0.3) is 5.65 Å². The maximum Gasteiger partial charge on any atom is 0.159 e. The van der Waals surface area contributed by atoms with Crippen molar-refractivity contribution in [3.05, 3.63) is 22.5 Å². The third kappa shape index (κ3) is 1.14. The van der Waals surface area contributed by atoms with Gasteiger partial charge in [-0.15, -0.1) is 0 Å². The van der Waals surface area contributed by atoms with Crippen LogP contribution in [0.2, 0.25) is 5.15 Å². The van der Waals surface area contributed by atoms with Gasteiger partial charge in [0.15, 0.2) is 5.65 Å². The second kappa shape index (κ2) is 2.60. The summed E-state index contributed by atoms with van der Waals surface area (Å²) in [7, 11) is 0. The lowest BCUT2D eigenvalue weighted by molar-refractivity contribution is 0.911. The molecule has 2 aromatic heterocycles. The molecule has 0 atom stereocenters. The number of nitrogens with two attached hydrogens (primary N) is 1. The second-order valence-corrected chi connectivity index (χ2v) is 3.33. The van der Waals surface area contributed by atoms with Crippen molar-refractivity contribution >= 4 is 23.1 Å². The van der Waals surface area contributed by atoms with Crippen molar-refractivity contribution in [3.63, 3.8) is 0 Å². The third-order valence-corrected chi connectivity index (χ3v) is 2.37. The molecule has 0 aliphatic rings. The van der Waals surface area contributed by atoms with E-state index in [0.717, 1.165) is 11.3 Å². The van der Waals surface area contributed by atoms with Gasteiger partial charge in [-0.3, -0.25) is 0 Å². The van der Waals surface area contributed by atoms with Gasteiger partial charge < -0.3 is 5.73 Å². The van der Waals surface area contributed by atoms with Crippen LogP contribution in [0.3, 0.4) is 0 Å². The molecule has 0 aromatic carbocycles. The summed E-state index contributed by atoms with van der Waals surface area (Å²) in [6.45, 7) is 3.71. The molecule has 2 heterocycles. The Morgan fingerprint density at radius 3 is 2.85 bits per heavy atom. The van der Waals surface area contributed by atoms with Crippen LogP contribution in [0.5, 0.6) is 0 Å². The van der Waals surface area contributed by atoms with E-state index < -0.39 is 0 Å². The monoisotopic (exact) mass is 196 g/mol. The highest BCUT2D eigenvalue weighted by Crippen LogP contribution is 2.20. The van der Waals surface area contributed by atoms with Gasteiger partial charge in [0.2, 0.25) is 0 Å². The minimum absolute atomic E-state index is 0.456. The number of hydrogen-bond acceptors (Lipinski definition) is 3. The topological polar surface area (TPSA) is 56.2 Å². The SMILES string of the molecule is Cc1cc2nc(N)c(C)c(Cl)n2n1. The van der Waals surface area contributed by atoms with Crippen LogP contribution in [0.1, 0.15) is 11.3 Å². The van der Waals surface area contributed by atoms with Gasteiger partial charge in [0.1, 0.15) is 11.0 Å². The molecule has 0 saturated carbocycles. The van der Waals surface area contributed by atoms with E-state index in [1.807, 2.05) is 19.9 Å². The lowest BCUT2D eigenvalue weighted by Crippen LogP contribution is -2.01. The summed E-state index contributed by atoms with van der Waals surface area (Å²) in [5.74, 6) is 0.456. The molecule has 0 aliphatic carbocycles. The Kier molecular flexibility index (Phi) is 1.66. The fourth-order valence-electron chi connectivity index (χ4n) is 1.18. The van der Waals surface area contributed by atoms with Gasteiger partial charge >= 0.3 is 0 Å². The van der Waals surface area contributed by atoms with Gasteiger partial charge in [-0.1, -0.05) is 11.6 Å². The number of halogens is 1. The first-order valence-corrected chi connectivity index (χ1v) is 4.25. The van der Waals surface area contributed by atoms with Crippen LogP contribution < -0.4 is 5.73 Å². The molecule has 0 aliphatic heterocycles. The fourth-order valence-corrected chi connectivity index (χ4v) is 1.40. The Morgan fingerprint density at radius 1 is 1.46 bits per heavy atom. The average molecular weight is 197 g/mol. The first-order valence-electron chi connectivity index (χ1n) is 3.87. The van der Waals surface area contributed by atoms with Crippen LogP contribution in [-0.4, -0.2) is 14.6 Å². The van der Waals surface area contributed by atoms with E-state index in [1.165, 1.54) is 0 Å². The quantitative estimate of drug-likeness (QED) is 0.651. The maximum absolute atomic E-state index is 6.03. The summed E-state index contributed by atoms with van der Waals surface area (Å²) in [6.07, 6.45) is 0. The molecule has 0 bridgehead atoms. The van der Waals surface area contributed by atoms with E-state index in [0.29, 0.717) is 16.6 Å². The standard InChI is InChI=1S/C8H9ClN4/c1-4-3-6-11-8(10)5(2)7(9)13(6)12-4/h3H,1-2H3,(H2,10,11). The van der Waals surface area contributed by atoms with Crippen LogP contribution in [0, 0.1) is 13.8 Å². The molecule has 4 nitrogen and oxygen atoms in total. The van der Waals surface area contributed by atoms with Crippen molar-refractivity contribution in [1.29, 1.82) is 0 Å². The van der Waals surface area contributed by atoms with Crippen molar-refractivity contribution < 1.29 is 0 Å². The first-order chi connectivity index (χ1) is 6.09. The number of aromatic nitrogens is 3.